The number of thiophene rings is 1. The summed E-state index contributed by atoms with van der Waals surface area (Å²) >= 11 is 1.58. The number of aliphatic hydroxyl groups is 2. The fourth-order valence-electron chi connectivity index (χ4n) is 7.38. The van der Waals surface area contributed by atoms with Gasteiger partial charge in [-0.25, -0.2) is 4.79 Å². The van der Waals surface area contributed by atoms with Gasteiger partial charge in [-0.05, 0) is 97.9 Å². The van der Waals surface area contributed by atoms with Gasteiger partial charge in [-0.1, -0.05) is 78.9 Å². The van der Waals surface area contributed by atoms with Crippen LogP contribution in [-0.4, -0.2) is 70.2 Å². The molecule has 1 fully saturated rings. The number of hydrogen-bond acceptors (Lipinski definition) is 10. The van der Waals surface area contributed by atoms with Crippen molar-refractivity contribution in [2.24, 2.45) is 5.92 Å². The summed E-state index contributed by atoms with van der Waals surface area (Å²) < 4.78 is 5.83. The number of aromatic hydroxyl groups is 1. The number of likely N-dealkylation sites (tertiary alicyclic amines) is 1. The average molecular weight is 786 g/mol. The molecule has 0 aliphatic carbocycles. The zero-order chi connectivity index (χ0) is 39.9. The zero-order valence-electron chi connectivity index (χ0n) is 31.8. The molecule has 57 heavy (non-hydrogen) atoms. The van der Waals surface area contributed by atoms with Crippen LogP contribution in [0.3, 0.4) is 0 Å². The molecule has 4 aromatic carbocycles. The van der Waals surface area contributed by atoms with Gasteiger partial charge in [0.2, 0.25) is 11.2 Å². The number of aromatic amines is 1. The molecule has 0 spiro atoms. The number of esters is 1. The fourth-order valence-corrected chi connectivity index (χ4v) is 8.38. The molecule has 6 aromatic rings. The Hall–Kier alpha value is -5.43. The lowest BCUT2D eigenvalue weighted by Gasteiger charge is -2.31. The first-order valence-corrected chi connectivity index (χ1v) is 20.1. The maximum atomic E-state index is 13.7. The van der Waals surface area contributed by atoms with E-state index in [0.717, 1.165) is 46.8 Å². The number of nitrogens with one attached hydrogen (secondary N) is 2. The van der Waals surface area contributed by atoms with E-state index in [1.54, 1.807) is 53.8 Å². The van der Waals surface area contributed by atoms with Gasteiger partial charge in [-0.3, -0.25) is 9.59 Å². The van der Waals surface area contributed by atoms with Crippen LogP contribution in [0.15, 0.2) is 120 Å². The molecule has 0 amide bonds. The molecule has 11 heteroatoms. The van der Waals surface area contributed by atoms with Crippen molar-refractivity contribution in [3.63, 3.8) is 0 Å². The minimum Gasteiger partial charge on any atom is -0.506 e. The molecule has 5 N–H and O–H groups in total. The van der Waals surface area contributed by atoms with Gasteiger partial charge in [-0.15, -0.1) is 11.3 Å². The summed E-state index contributed by atoms with van der Waals surface area (Å²) in [5.74, 6) is -0.446. The second-order valence-corrected chi connectivity index (χ2v) is 16.0. The van der Waals surface area contributed by atoms with E-state index in [2.05, 4.69) is 22.2 Å². The van der Waals surface area contributed by atoms with Crippen molar-refractivity contribution >= 4 is 34.0 Å². The highest BCUT2D eigenvalue weighted by atomic mass is 32.1. The van der Waals surface area contributed by atoms with Gasteiger partial charge in [0.15, 0.2) is 5.78 Å². The van der Waals surface area contributed by atoms with Crippen LogP contribution in [0.2, 0.25) is 0 Å². The SMILES string of the molecule is CN1CCC(COC(=O)[C@](O)(c2ccccc2)c2cccc(-c3ccc(CCC(=O)c4ccc(CNC[C@H](O)c5ccc(O)c6[nH]c(=O)ccc56)cc4)s3)c2)CC1. The number of carbonyl (C=O) groups excluding carboxylic acids is 2. The lowest BCUT2D eigenvalue weighted by molar-refractivity contribution is -0.164. The van der Waals surface area contributed by atoms with Crippen molar-refractivity contribution in [2.75, 3.05) is 33.3 Å². The van der Waals surface area contributed by atoms with Gasteiger partial charge in [0.05, 0.1) is 18.2 Å². The molecule has 3 heterocycles. The summed E-state index contributed by atoms with van der Waals surface area (Å²) in [4.78, 5) is 45.5. The number of ether oxygens (including phenoxy) is 1. The third-order valence-electron chi connectivity index (χ3n) is 10.8. The number of Topliss-reactive ketones (excluding diaryl/α,β-unsaturated/α-hetero) is 1. The second kappa shape index (κ2) is 17.8. The van der Waals surface area contributed by atoms with Crippen molar-refractivity contribution in [3.05, 3.63) is 158 Å². The number of nitrogens with zero attached hydrogens (tertiary/aromatic N) is 1. The third-order valence-corrected chi connectivity index (χ3v) is 12.0. The number of phenols is 1. The standard InChI is InChI=1S/C46H47N3O7S/c1-49-24-22-31(23-25-49)29-56-45(54)46(55,34-7-3-2-4-8-34)35-9-5-6-33(26-35)42-20-15-36(57-42)14-18-39(50)32-12-10-30(11-13-32)27-47-28-41(52)37-16-19-40(51)44-38(37)17-21-43(53)48-44/h2-13,15-17,19-21,26,31,41,47,51-52,55H,14,18,22-25,27-29H2,1H3,(H,48,53)/t41-,46-/m0/s1. The number of fused-ring (bicyclic) bond motifs is 1. The number of pyridine rings is 1. The molecule has 0 bridgehead atoms. The van der Waals surface area contributed by atoms with Crippen LogP contribution >= 0.6 is 11.3 Å². The molecule has 2 aromatic heterocycles. The van der Waals surface area contributed by atoms with E-state index in [9.17, 15) is 29.7 Å². The van der Waals surface area contributed by atoms with Crippen LogP contribution in [0, 0.1) is 5.92 Å². The van der Waals surface area contributed by atoms with Gasteiger partial charge < -0.3 is 35.3 Å². The molecule has 7 rings (SSSR count). The van der Waals surface area contributed by atoms with Crippen molar-refractivity contribution in [1.82, 2.24) is 15.2 Å². The lowest BCUT2D eigenvalue weighted by atomic mass is 9.85. The Morgan fingerprint density at radius 3 is 2.46 bits per heavy atom. The monoisotopic (exact) mass is 785 g/mol. The predicted octanol–water partition coefficient (Wildman–Crippen LogP) is 6.72. The molecular weight excluding hydrogens is 739 g/mol. The normalized spacial score (nSPS) is 15.3. The molecule has 10 nitrogen and oxygen atoms in total. The number of aliphatic hydroxyl groups excluding tert-OH is 1. The molecular formula is C46H47N3O7S. The minimum absolute atomic E-state index is 0.0332. The van der Waals surface area contributed by atoms with Crippen LogP contribution in [0.1, 0.15) is 62.9 Å². The first kappa shape index (κ1) is 39.8. The third kappa shape index (κ3) is 9.25. The first-order chi connectivity index (χ1) is 27.6. The predicted molar refractivity (Wildman–Crippen MR) is 222 cm³/mol. The summed E-state index contributed by atoms with van der Waals surface area (Å²) in [6.07, 6.45) is 1.93. The molecule has 1 saturated heterocycles. The van der Waals surface area contributed by atoms with E-state index >= 15 is 0 Å². The van der Waals surface area contributed by atoms with E-state index in [-0.39, 0.29) is 41.7 Å². The summed E-state index contributed by atoms with van der Waals surface area (Å²) in [6.45, 7) is 2.90. The molecule has 0 radical (unpaired) electrons. The Morgan fingerprint density at radius 1 is 0.930 bits per heavy atom. The van der Waals surface area contributed by atoms with Crippen LogP contribution < -0.4 is 10.9 Å². The van der Waals surface area contributed by atoms with Gasteiger partial charge in [0.25, 0.3) is 0 Å². The number of piperidine rings is 1. The zero-order valence-corrected chi connectivity index (χ0v) is 32.6. The highest BCUT2D eigenvalue weighted by Crippen LogP contribution is 2.36. The number of benzene rings is 4. The average Bonchev–Trinajstić information content (AvgIpc) is 3.72. The number of aromatic nitrogens is 1. The van der Waals surface area contributed by atoms with E-state index in [4.69, 9.17) is 4.74 Å². The smallest absolute Gasteiger partial charge is 0.347 e. The van der Waals surface area contributed by atoms with Crippen molar-refractivity contribution in [3.8, 4) is 16.2 Å². The Morgan fingerprint density at radius 2 is 1.68 bits per heavy atom. The summed E-state index contributed by atoms with van der Waals surface area (Å²) in [6, 6.07) is 33.8. The van der Waals surface area contributed by atoms with E-state index in [1.807, 2.05) is 60.7 Å². The number of carbonyl (C=O) groups is 2. The highest BCUT2D eigenvalue weighted by Gasteiger charge is 2.42. The molecule has 1 aliphatic heterocycles. The lowest BCUT2D eigenvalue weighted by Crippen LogP contribution is -2.40. The van der Waals surface area contributed by atoms with E-state index < -0.39 is 17.7 Å². The Kier molecular flexibility index (Phi) is 12.4. The second-order valence-electron chi connectivity index (χ2n) is 14.8. The van der Waals surface area contributed by atoms with Crippen molar-refractivity contribution in [1.29, 1.82) is 0 Å². The highest BCUT2D eigenvalue weighted by molar-refractivity contribution is 7.15. The minimum atomic E-state index is -1.98. The van der Waals surface area contributed by atoms with Crippen LogP contribution in [0.4, 0.5) is 0 Å². The molecule has 0 unspecified atom stereocenters. The molecule has 1 aliphatic rings. The van der Waals surface area contributed by atoms with Crippen LogP contribution in [0.5, 0.6) is 5.75 Å². The van der Waals surface area contributed by atoms with E-state index in [1.165, 1.54) is 12.1 Å². The number of H-pyrrole nitrogens is 1. The van der Waals surface area contributed by atoms with Gasteiger partial charge in [0.1, 0.15) is 5.75 Å². The van der Waals surface area contributed by atoms with Crippen LogP contribution in [0.25, 0.3) is 21.3 Å². The van der Waals surface area contributed by atoms with Crippen molar-refractivity contribution < 1.29 is 29.6 Å². The number of rotatable bonds is 15. The fraction of sp³-hybridized carbons (Fsp3) is 0.283. The summed E-state index contributed by atoms with van der Waals surface area (Å²) in [7, 11) is 2.09. The largest absolute Gasteiger partial charge is 0.506 e. The maximum absolute atomic E-state index is 13.7. The first-order valence-electron chi connectivity index (χ1n) is 19.3. The number of hydrogen-bond donors (Lipinski definition) is 5. The maximum Gasteiger partial charge on any atom is 0.347 e. The van der Waals surface area contributed by atoms with Gasteiger partial charge in [-0.2, -0.15) is 0 Å². The molecule has 2 atom stereocenters. The Balaban J connectivity index is 0.945. The van der Waals surface area contributed by atoms with E-state index in [0.29, 0.717) is 47.0 Å². The molecule has 0 saturated carbocycles. The quantitative estimate of drug-likeness (QED) is 0.0565. The summed E-state index contributed by atoms with van der Waals surface area (Å²) in [5.41, 5.74) is 1.88. The Bertz CT molecular complexity index is 2390. The number of phenolic OH excluding ortho intramolecular Hbond substituents is 1. The number of ketones is 1. The Labute approximate surface area is 335 Å². The van der Waals surface area contributed by atoms with Gasteiger partial charge >= 0.3 is 5.97 Å². The van der Waals surface area contributed by atoms with Crippen molar-refractivity contribution in [2.45, 2.75) is 43.9 Å². The topological polar surface area (TPSA) is 152 Å². The van der Waals surface area contributed by atoms with Crippen LogP contribution in [-0.2, 0) is 28.1 Å². The summed E-state index contributed by atoms with van der Waals surface area (Å²) in [5, 5.41) is 36.9. The number of aryl methyl sites for hydroxylation is 1. The molecule has 294 valence electrons. The van der Waals surface area contributed by atoms with Gasteiger partial charge in [0, 0.05) is 51.8 Å².